The molecule has 0 saturated heterocycles. The third-order valence-corrected chi connectivity index (χ3v) is 3.02. The number of hydrogen-bond donors (Lipinski definition) is 1. The Morgan fingerprint density at radius 3 is 2.63 bits per heavy atom. The van der Waals surface area contributed by atoms with Crippen LogP contribution in [-0.2, 0) is 16.1 Å². The fourth-order valence-corrected chi connectivity index (χ4v) is 1.85. The molecule has 0 amide bonds. The van der Waals surface area contributed by atoms with Gasteiger partial charge in [0, 0.05) is 13.1 Å². The number of rotatable bonds is 8. The van der Waals surface area contributed by atoms with E-state index in [2.05, 4.69) is 0 Å². The number of carbonyl (C=O) groups is 1. The lowest BCUT2D eigenvalue weighted by molar-refractivity contribution is -0.150. The van der Waals surface area contributed by atoms with Crippen LogP contribution in [0, 0.1) is 5.92 Å². The van der Waals surface area contributed by atoms with Crippen molar-refractivity contribution < 1.29 is 14.6 Å². The molecule has 0 saturated carbocycles. The molecule has 4 heteroatoms. The summed E-state index contributed by atoms with van der Waals surface area (Å²) in [4.78, 5) is 13.9. The molecule has 1 N–H and O–H groups in total. The van der Waals surface area contributed by atoms with E-state index in [1.807, 2.05) is 49.1 Å². The Labute approximate surface area is 115 Å². The average Bonchev–Trinajstić information content (AvgIpc) is 2.45. The van der Waals surface area contributed by atoms with Gasteiger partial charge in [-0.1, -0.05) is 44.2 Å². The number of aliphatic hydroxyl groups excluding tert-OH is 1. The average molecular weight is 265 g/mol. The highest BCUT2D eigenvalue weighted by atomic mass is 16.5. The van der Waals surface area contributed by atoms with Crippen LogP contribution in [0.25, 0.3) is 0 Å². The van der Waals surface area contributed by atoms with E-state index in [4.69, 9.17) is 9.84 Å². The Hall–Kier alpha value is -1.39. The van der Waals surface area contributed by atoms with Crippen LogP contribution >= 0.6 is 0 Å². The minimum Gasteiger partial charge on any atom is -0.461 e. The maximum atomic E-state index is 11.9. The molecule has 0 fully saturated rings. The fourth-order valence-electron chi connectivity index (χ4n) is 1.85. The molecule has 0 bridgehead atoms. The van der Waals surface area contributed by atoms with Gasteiger partial charge in [0.05, 0.1) is 12.5 Å². The standard InChI is InChI=1S/C15H23NO3/c1-3-16(9-10-17)11-13(2)15(18)19-12-14-7-5-4-6-8-14/h4-8,13,17H,3,9-12H2,1-2H3. The van der Waals surface area contributed by atoms with Crippen molar-refractivity contribution in [1.29, 1.82) is 0 Å². The number of hydrogen-bond acceptors (Lipinski definition) is 4. The summed E-state index contributed by atoms with van der Waals surface area (Å²) in [5.41, 5.74) is 0.991. The highest BCUT2D eigenvalue weighted by Crippen LogP contribution is 2.06. The maximum absolute atomic E-state index is 11.9. The lowest BCUT2D eigenvalue weighted by Crippen LogP contribution is -2.34. The SMILES string of the molecule is CCN(CCO)CC(C)C(=O)OCc1ccccc1. The van der Waals surface area contributed by atoms with Gasteiger partial charge < -0.3 is 14.7 Å². The van der Waals surface area contributed by atoms with Crippen LogP contribution in [0.4, 0.5) is 0 Å². The van der Waals surface area contributed by atoms with Crippen LogP contribution < -0.4 is 0 Å². The Balaban J connectivity index is 2.36. The largest absolute Gasteiger partial charge is 0.461 e. The second kappa shape index (κ2) is 8.67. The lowest BCUT2D eigenvalue weighted by Gasteiger charge is -2.22. The van der Waals surface area contributed by atoms with Crippen molar-refractivity contribution >= 4 is 5.97 Å². The highest BCUT2D eigenvalue weighted by Gasteiger charge is 2.17. The van der Waals surface area contributed by atoms with Gasteiger partial charge in [0.25, 0.3) is 0 Å². The van der Waals surface area contributed by atoms with E-state index in [0.29, 0.717) is 19.7 Å². The Kier molecular flexibility index (Phi) is 7.15. The van der Waals surface area contributed by atoms with Crippen molar-refractivity contribution in [2.24, 2.45) is 5.92 Å². The molecule has 1 rings (SSSR count). The second-order valence-corrected chi connectivity index (χ2v) is 4.61. The predicted molar refractivity (Wildman–Crippen MR) is 74.6 cm³/mol. The third-order valence-electron chi connectivity index (χ3n) is 3.02. The summed E-state index contributed by atoms with van der Waals surface area (Å²) in [6.45, 7) is 6.31. The maximum Gasteiger partial charge on any atom is 0.310 e. The van der Waals surface area contributed by atoms with Gasteiger partial charge in [-0.25, -0.2) is 0 Å². The predicted octanol–water partition coefficient (Wildman–Crippen LogP) is 1.68. The van der Waals surface area contributed by atoms with E-state index in [9.17, 15) is 4.79 Å². The number of nitrogens with zero attached hydrogens (tertiary/aromatic N) is 1. The first-order chi connectivity index (χ1) is 9.17. The molecule has 19 heavy (non-hydrogen) atoms. The van der Waals surface area contributed by atoms with Gasteiger partial charge in [-0.05, 0) is 12.1 Å². The van der Waals surface area contributed by atoms with Gasteiger partial charge in [-0.3, -0.25) is 4.79 Å². The number of esters is 1. The highest BCUT2D eigenvalue weighted by molar-refractivity contribution is 5.72. The summed E-state index contributed by atoms with van der Waals surface area (Å²) < 4.78 is 5.29. The van der Waals surface area contributed by atoms with Crippen molar-refractivity contribution in [1.82, 2.24) is 4.90 Å². The van der Waals surface area contributed by atoms with Crippen LogP contribution in [0.5, 0.6) is 0 Å². The Morgan fingerprint density at radius 1 is 1.37 bits per heavy atom. The third kappa shape index (κ3) is 5.85. The van der Waals surface area contributed by atoms with Gasteiger partial charge in [0.15, 0.2) is 0 Å². The van der Waals surface area contributed by atoms with Gasteiger partial charge in [0.2, 0.25) is 0 Å². The molecule has 0 radical (unpaired) electrons. The van der Waals surface area contributed by atoms with Gasteiger partial charge >= 0.3 is 5.97 Å². The molecule has 1 aromatic rings. The van der Waals surface area contributed by atoms with E-state index in [1.165, 1.54) is 0 Å². The van der Waals surface area contributed by atoms with Crippen LogP contribution in [0.1, 0.15) is 19.4 Å². The molecule has 4 nitrogen and oxygen atoms in total. The van der Waals surface area contributed by atoms with Crippen molar-refractivity contribution in [2.45, 2.75) is 20.5 Å². The van der Waals surface area contributed by atoms with Crippen LogP contribution in [0.15, 0.2) is 30.3 Å². The van der Waals surface area contributed by atoms with Gasteiger partial charge in [-0.15, -0.1) is 0 Å². The van der Waals surface area contributed by atoms with E-state index in [-0.39, 0.29) is 18.5 Å². The number of benzene rings is 1. The lowest BCUT2D eigenvalue weighted by atomic mass is 10.1. The zero-order valence-electron chi connectivity index (χ0n) is 11.7. The second-order valence-electron chi connectivity index (χ2n) is 4.61. The first-order valence-corrected chi connectivity index (χ1v) is 6.71. The smallest absolute Gasteiger partial charge is 0.310 e. The fraction of sp³-hybridized carbons (Fsp3) is 0.533. The van der Waals surface area contributed by atoms with Gasteiger partial charge in [-0.2, -0.15) is 0 Å². The zero-order valence-corrected chi connectivity index (χ0v) is 11.7. The summed E-state index contributed by atoms with van der Waals surface area (Å²) in [6.07, 6.45) is 0. The van der Waals surface area contributed by atoms with Crippen molar-refractivity contribution in [3.05, 3.63) is 35.9 Å². The zero-order chi connectivity index (χ0) is 14.1. The van der Waals surface area contributed by atoms with E-state index < -0.39 is 0 Å². The molecule has 1 aromatic carbocycles. The molecule has 0 aromatic heterocycles. The topological polar surface area (TPSA) is 49.8 Å². The first-order valence-electron chi connectivity index (χ1n) is 6.71. The van der Waals surface area contributed by atoms with Crippen LogP contribution in [0.2, 0.25) is 0 Å². The molecular weight excluding hydrogens is 242 g/mol. The normalized spacial score (nSPS) is 12.4. The van der Waals surface area contributed by atoms with E-state index in [1.54, 1.807) is 0 Å². The Bertz CT molecular complexity index is 367. The molecule has 1 unspecified atom stereocenters. The number of aliphatic hydroxyl groups is 1. The van der Waals surface area contributed by atoms with Crippen LogP contribution in [-0.4, -0.2) is 42.2 Å². The summed E-state index contributed by atoms with van der Waals surface area (Å²) in [5, 5.41) is 8.91. The van der Waals surface area contributed by atoms with Crippen LogP contribution in [0.3, 0.4) is 0 Å². The number of carbonyl (C=O) groups excluding carboxylic acids is 1. The van der Waals surface area contributed by atoms with Crippen molar-refractivity contribution in [2.75, 3.05) is 26.2 Å². The van der Waals surface area contributed by atoms with E-state index in [0.717, 1.165) is 12.1 Å². The summed E-state index contributed by atoms with van der Waals surface area (Å²) in [7, 11) is 0. The number of likely N-dealkylation sites (N-methyl/N-ethyl adjacent to an activating group) is 1. The van der Waals surface area contributed by atoms with Crippen molar-refractivity contribution in [3.8, 4) is 0 Å². The minimum absolute atomic E-state index is 0.111. The number of ether oxygens (including phenoxy) is 1. The molecule has 1 atom stereocenters. The molecule has 0 heterocycles. The van der Waals surface area contributed by atoms with E-state index >= 15 is 0 Å². The molecule has 0 aliphatic heterocycles. The molecule has 0 aliphatic carbocycles. The summed E-state index contributed by atoms with van der Waals surface area (Å²) >= 11 is 0. The summed E-state index contributed by atoms with van der Waals surface area (Å²) in [6, 6.07) is 9.64. The quantitative estimate of drug-likeness (QED) is 0.727. The minimum atomic E-state index is -0.194. The molecule has 106 valence electrons. The molecule has 0 aliphatic rings. The molecular formula is C15H23NO3. The first kappa shape index (κ1) is 15.7. The monoisotopic (exact) mass is 265 g/mol. The van der Waals surface area contributed by atoms with Crippen molar-refractivity contribution in [3.63, 3.8) is 0 Å². The molecule has 0 spiro atoms. The Morgan fingerprint density at radius 2 is 2.05 bits per heavy atom. The summed E-state index contributed by atoms with van der Waals surface area (Å²) in [5.74, 6) is -0.379. The van der Waals surface area contributed by atoms with Gasteiger partial charge in [0.1, 0.15) is 6.61 Å².